The van der Waals surface area contributed by atoms with Gasteiger partial charge in [0.05, 0.1) is 0 Å². The summed E-state index contributed by atoms with van der Waals surface area (Å²) >= 11 is 0. The lowest BCUT2D eigenvalue weighted by Crippen LogP contribution is -2.56. The number of carbonyl (C=O) groups excluding carboxylic acids is 3. The fraction of sp³-hybridized carbons (Fsp3) is 0.364. The monoisotopic (exact) mass is 420 g/mol. The Kier molecular flexibility index (Phi) is 5.75. The van der Waals surface area contributed by atoms with Gasteiger partial charge in [0, 0.05) is 24.4 Å². The van der Waals surface area contributed by atoms with Crippen LogP contribution in [0.5, 0.6) is 0 Å². The molecule has 0 atom stereocenters. The van der Waals surface area contributed by atoms with Crippen molar-refractivity contribution in [2.45, 2.75) is 33.1 Å². The number of piperazine rings is 1. The Morgan fingerprint density at radius 1 is 1.03 bits per heavy atom. The van der Waals surface area contributed by atoms with Crippen molar-refractivity contribution >= 4 is 23.5 Å². The first-order chi connectivity index (χ1) is 14.9. The van der Waals surface area contributed by atoms with Crippen molar-refractivity contribution in [1.82, 2.24) is 29.4 Å². The molecule has 3 heterocycles. The number of carbonyl (C=O) groups is 3. The third-order valence-electron chi connectivity index (χ3n) is 5.65. The minimum absolute atomic E-state index is 0.0717. The van der Waals surface area contributed by atoms with Crippen molar-refractivity contribution in [2.75, 3.05) is 19.6 Å². The molecule has 1 aromatic carbocycles. The van der Waals surface area contributed by atoms with Gasteiger partial charge in [0.15, 0.2) is 0 Å². The molecule has 3 aromatic rings. The zero-order chi connectivity index (χ0) is 22.0. The van der Waals surface area contributed by atoms with Crippen LogP contribution in [0.25, 0.3) is 5.78 Å². The molecule has 0 unspecified atom stereocenters. The van der Waals surface area contributed by atoms with E-state index < -0.39 is 0 Å². The van der Waals surface area contributed by atoms with Crippen LogP contribution < -0.4 is 0 Å². The molecule has 4 rings (SSSR count). The summed E-state index contributed by atoms with van der Waals surface area (Å²) in [6.07, 6.45) is 2.69. The zero-order valence-electron chi connectivity index (χ0n) is 17.6. The van der Waals surface area contributed by atoms with Crippen LogP contribution in [-0.4, -0.2) is 66.7 Å². The lowest BCUT2D eigenvalue weighted by atomic mass is 10.1. The summed E-state index contributed by atoms with van der Waals surface area (Å²) in [6.45, 7) is 3.97. The van der Waals surface area contributed by atoms with Gasteiger partial charge < -0.3 is 4.90 Å². The molecule has 9 heteroatoms. The fourth-order valence-corrected chi connectivity index (χ4v) is 3.91. The third kappa shape index (κ3) is 4.30. The van der Waals surface area contributed by atoms with Gasteiger partial charge in [-0.3, -0.25) is 19.3 Å². The molecular formula is C22H24N6O3. The highest BCUT2D eigenvalue weighted by Crippen LogP contribution is 2.16. The molecule has 2 aromatic heterocycles. The molecule has 0 radical (unpaired) electrons. The molecule has 1 aliphatic rings. The van der Waals surface area contributed by atoms with Crippen molar-refractivity contribution in [3.05, 3.63) is 59.2 Å². The molecule has 31 heavy (non-hydrogen) atoms. The van der Waals surface area contributed by atoms with Gasteiger partial charge in [0.25, 0.3) is 5.78 Å². The molecule has 1 saturated heterocycles. The molecule has 0 spiro atoms. The van der Waals surface area contributed by atoms with Gasteiger partial charge in [-0.2, -0.15) is 10.1 Å². The van der Waals surface area contributed by atoms with Crippen LogP contribution in [0, 0.1) is 13.8 Å². The smallest absolute Gasteiger partial charge is 0.252 e. The molecule has 1 fully saturated rings. The zero-order valence-corrected chi connectivity index (χ0v) is 17.6. The number of amides is 3. The average Bonchev–Trinajstić information content (AvgIpc) is 3.22. The van der Waals surface area contributed by atoms with Crippen LogP contribution in [0.2, 0.25) is 0 Å². The lowest BCUT2D eigenvalue weighted by molar-refractivity contribution is -0.156. The number of aryl methyl sites for hydroxylation is 2. The van der Waals surface area contributed by atoms with Crippen molar-refractivity contribution in [1.29, 1.82) is 0 Å². The minimum atomic E-state index is -0.335. The second-order valence-corrected chi connectivity index (χ2v) is 7.66. The van der Waals surface area contributed by atoms with Crippen molar-refractivity contribution < 1.29 is 14.4 Å². The van der Waals surface area contributed by atoms with Gasteiger partial charge in [-0.1, -0.05) is 30.3 Å². The third-order valence-corrected chi connectivity index (χ3v) is 5.65. The first kappa shape index (κ1) is 20.6. The van der Waals surface area contributed by atoms with Crippen LogP contribution in [0.3, 0.4) is 0 Å². The number of aromatic nitrogens is 4. The summed E-state index contributed by atoms with van der Waals surface area (Å²) < 4.78 is 1.64. The van der Waals surface area contributed by atoms with E-state index in [1.807, 2.05) is 44.2 Å². The van der Waals surface area contributed by atoms with Crippen molar-refractivity contribution in [3.8, 4) is 0 Å². The largest absolute Gasteiger partial charge is 0.324 e. The van der Waals surface area contributed by atoms with Crippen molar-refractivity contribution in [2.24, 2.45) is 0 Å². The maximum absolute atomic E-state index is 12.7. The van der Waals surface area contributed by atoms with Gasteiger partial charge in [0.2, 0.25) is 17.7 Å². The summed E-state index contributed by atoms with van der Waals surface area (Å²) in [6, 6.07) is 9.70. The minimum Gasteiger partial charge on any atom is -0.324 e. The number of imide groups is 1. The molecule has 9 nitrogen and oxygen atoms in total. The van der Waals surface area contributed by atoms with Gasteiger partial charge in [-0.25, -0.2) is 9.50 Å². The molecule has 0 N–H and O–H groups in total. The lowest BCUT2D eigenvalue weighted by Gasteiger charge is -2.32. The second kappa shape index (κ2) is 8.63. The summed E-state index contributed by atoms with van der Waals surface area (Å²) in [5.41, 5.74) is 3.66. The Labute approximate surface area is 179 Å². The van der Waals surface area contributed by atoms with Crippen LogP contribution in [0.4, 0.5) is 0 Å². The predicted molar refractivity (Wildman–Crippen MR) is 112 cm³/mol. The van der Waals surface area contributed by atoms with Gasteiger partial charge in [-0.15, -0.1) is 0 Å². The number of fused-ring (bicyclic) bond motifs is 1. The molecular weight excluding hydrogens is 396 g/mol. The van der Waals surface area contributed by atoms with E-state index in [1.165, 1.54) is 16.1 Å². The summed E-state index contributed by atoms with van der Waals surface area (Å²) in [4.78, 5) is 48.9. The summed E-state index contributed by atoms with van der Waals surface area (Å²) in [7, 11) is 0. The van der Waals surface area contributed by atoms with Gasteiger partial charge in [-0.05, 0) is 37.8 Å². The Bertz CT molecular complexity index is 1120. The standard InChI is InChI=1S/C22H24N6O3/c1-15-18(16(2)28-22(25-15)23-14-24-28)8-9-19(29)26-12-20(30)27(21(31)13-26)11-10-17-6-4-3-5-7-17/h3-7,14H,8-13H2,1-2H3. The van der Waals surface area contributed by atoms with E-state index in [0.29, 0.717) is 25.2 Å². The summed E-state index contributed by atoms with van der Waals surface area (Å²) in [5, 5.41) is 4.16. The van der Waals surface area contributed by atoms with Crippen LogP contribution in [0.15, 0.2) is 36.7 Å². The van der Waals surface area contributed by atoms with E-state index in [2.05, 4.69) is 15.1 Å². The molecule has 0 aliphatic carbocycles. The van der Waals surface area contributed by atoms with Crippen LogP contribution in [-0.2, 0) is 27.2 Å². The SMILES string of the molecule is Cc1nc2ncnn2c(C)c1CCC(=O)N1CC(=O)N(CCc2ccccc2)C(=O)C1. The Morgan fingerprint density at radius 2 is 1.74 bits per heavy atom. The number of nitrogens with zero attached hydrogens (tertiary/aromatic N) is 6. The highest BCUT2D eigenvalue weighted by molar-refractivity contribution is 6.02. The maximum Gasteiger partial charge on any atom is 0.252 e. The van der Waals surface area contributed by atoms with E-state index in [-0.39, 0.29) is 37.2 Å². The molecule has 160 valence electrons. The number of benzene rings is 1. The van der Waals surface area contributed by atoms with Crippen molar-refractivity contribution in [3.63, 3.8) is 0 Å². The van der Waals surface area contributed by atoms with E-state index in [0.717, 1.165) is 22.5 Å². The second-order valence-electron chi connectivity index (χ2n) is 7.66. The Morgan fingerprint density at radius 3 is 2.45 bits per heavy atom. The van der Waals surface area contributed by atoms with E-state index in [9.17, 15) is 14.4 Å². The average molecular weight is 420 g/mol. The number of hydrogen-bond donors (Lipinski definition) is 0. The fourth-order valence-electron chi connectivity index (χ4n) is 3.91. The Balaban J connectivity index is 1.36. The number of rotatable bonds is 6. The first-order valence-corrected chi connectivity index (χ1v) is 10.2. The molecule has 0 bridgehead atoms. The predicted octanol–water partition coefficient (Wildman–Crippen LogP) is 1.11. The molecule has 3 amide bonds. The molecule has 0 saturated carbocycles. The van der Waals surface area contributed by atoms with E-state index in [4.69, 9.17) is 0 Å². The van der Waals surface area contributed by atoms with Gasteiger partial charge in [0.1, 0.15) is 19.4 Å². The Hall–Kier alpha value is -3.62. The van der Waals surface area contributed by atoms with Gasteiger partial charge >= 0.3 is 0 Å². The topological polar surface area (TPSA) is 101 Å². The summed E-state index contributed by atoms with van der Waals surface area (Å²) in [5.74, 6) is -0.369. The first-order valence-electron chi connectivity index (χ1n) is 10.2. The maximum atomic E-state index is 12.7. The van der Waals surface area contributed by atoms with E-state index in [1.54, 1.807) is 4.52 Å². The normalized spacial score (nSPS) is 14.5. The van der Waals surface area contributed by atoms with Crippen LogP contribution in [0.1, 0.15) is 28.9 Å². The molecule has 1 aliphatic heterocycles. The van der Waals surface area contributed by atoms with E-state index >= 15 is 0 Å². The van der Waals surface area contributed by atoms with Crippen LogP contribution >= 0.6 is 0 Å². The quantitative estimate of drug-likeness (QED) is 0.554. The number of hydrogen-bond acceptors (Lipinski definition) is 6. The highest BCUT2D eigenvalue weighted by atomic mass is 16.2. The highest BCUT2D eigenvalue weighted by Gasteiger charge is 2.33.